The second-order valence-electron chi connectivity index (χ2n) is 0.750. The fraction of sp³-hybridized carbons (Fsp3) is 0.250. The first-order valence-corrected chi connectivity index (χ1v) is 1.93. The Bertz CT molecular complexity index is 75.6. The van der Waals surface area contributed by atoms with Gasteiger partial charge < -0.3 is 0 Å². The summed E-state index contributed by atoms with van der Waals surface area (Å²) >= 11 is 5.28. The van der Waals surface area contributed by atoms with Crippen molar-refractivity contribution < 1.29 is 0 Å². The Labute approximate surface area is 42.3 Å². The lowest BCUT2D eigenvalue weighted by Gasteiger charge is -1.74. The molecule has 0 atom stereocenters. The van der Waals surface area contributed by atoms with E-state index in [1.54, 1.807) is 7.05 Å². The van der Waals surface area contributed by atoms with Crippen LogP contribution in [0.2, 0.25) is 0 Å². The molecule has 0 rings (SSSR count). The van der Waals surface area contributed by atoms with E-state index in [2.05, 4.69) is 11.6 Å². The van der Waals surface area contributed by atoms with Crippen molar-refractivity contribution in [2.75, 3.05) is 7.05 Å². The van der Waals surface area contributed by atoms with E-state index in [0.29, 0.717) is 5.17 Å². The first-order valence-electron chi connectivity index (χ1n) is 1.56. The zero-order valence-electron chi connectivity index (χ0n) is 3.61. The predicted octanol–water partition coefficient (Wildman–Crippen LogP) is 1.44. The van der Waals surface area contributed by atoms with Crippen molar-refractivity contribution in [3.05, 3.63) is 12.7 Å². The van der Waals surface area contributed by atoms with Crippen molar-refractivity contribution in [2.24, 2.45) is 4.99 Å². The van der Waals surface area contributed by atoms with E-state index >= 15 is 0 Å². The van der Waals surface area contributed by atoms with Gasteiger partial charge in [0.05, 0.1) is 0 Å². The summed E-state index contributed by atoms with van der Waals surface area (Å²) in [4.78, 5) is 3.57. The predicted molar refractivity (Wildman–Crippen MR) is 29.4 cm³/mol. The average Bonchev–Trinajstić information content (AvgIpc) is 1.65. The zero-order chi connectivity index (χ0) is 4.99. The van der Waals surface area contributed by atoms with Gasteiger partial charge in [0.2, 0.25) is 0 Å². The topological polar surface area (TPSA) is 12.4 Å². The van der Waals surface area contributed by atoms with E-state index < -0.39 is 0 Å². The van der Waals surface area contributed by atoms with Crippen LogP contribution >= 0.6 is 11.6 Å². The lowest BCUT2D eigenvalue weighted by molar-refractivity contribution is 1.47. The molecule has 0 spiro atoms. The first-order chi connectivity index (χ1) is 2.81. The van der Waals surface area contributed by atoms with E-state index in [1.807, 2.05) is 0 Å². The molecule has 0 aliphatic rings. The van der Waals surface area contributed by atoms with Gasteiger partial charge in [0.1, 0.15) is 5.17 Å². The third-order valence-corrected chi connectivity index (χ3v) is 0.705. The monoisotopic (exact) mass is 103 g/mol. The van der Waals surface area contributed by atoms with Gasteiger partial charge in [-0.3, -0.25) is 4.99 Å². The number of aliphatic imine (C=N–C) groups is 1. The normalized spacial score (nSPS) is 11.3. The Hall–Kier alpha value is -0.300. The van der Waals surface area contributed by atoms with Crippen LogP contribution in [-0.4, -0.2) is 12.2 Å². The van der Waals surface area contributed by atoms with Crippen LogP contribution in [-0.2, 0) is 0 Å². The summed E-state index contributed by atoms with van der Waals surface area (Å²) in [6.45, 7) is 3.37. The lowest BCUT2D eigenvalue weighted by Crippen LogP contribution is -1.72. The van der Waals surface area contributed by atoms with E-state index in [4.69, 9.17) is 11.6 Å². The SMILES string of the molecule is C=CC(Cl)=NC. The fourth-order valence-electron chi connectivity index (χ4n) is 0.0913. The number of halogens is 1. The maximum absolute atomic E-state index is 5.28. The molecule has 6 heavy (non-hydrogen) atoms. The molecule has 0 aromatic carbocycles. The van der Waals surface area contributed by atoms with Crippen molar-refractivity contribution in [3.8, 4) is 0 Å². The standard InChI is InChI=1S/C4H6ClN/c1-3-4(5)6-2/h3H,1H2,2H3. The summed E-state index contributed by atoms with van der Waals surface area (Å²) in [6, 6.07) is 0. The zero-order valence-corrected chi connectivity index (χ0v) is 4.37. The number of nitrogens with zero attached hydrogens (tertiary/aromatic N) is 1. The highest BCUT2D eigenvalue weighted by Crippen LogP contribution is 1.81. The van der Waals surface area contributed by atoms with Crippen molar-refractivity contribution in [3.63, 3.8) is 0 Å². The molecule has 0 bridgehead atoms. The molecule has 1 nitrogen and oxygen atoms in total. The molecule has 0 unspecified atom stereocenters. The molecule has 0 radical (unpaired) electrons. The highest BCUT2D eigenvalue weighted by molar-refractivity contribution is 6.68. The van der Waals surface area contributed by atoms with E-state index in [0.717, 1.165) is 0 Å². The van der Waals surface area contributed by atoms with Crippen molar-refractivity contribution in [1.82, 2.24) is 0 Å². The van der Waals surface area contributed by atoms with Gasteiger partial charge in [0, 0.05) is 7.05 Å². The highest BCUT2D eigenvalue weighted by Gasteiger charge is 1.72. The number of rotatable bonds is 1. The third kappa shape index (κ3) is 1.97. The molecular weight excluding hydrogens is 97.5 g/mol. The Morgan fingerprint density at radius 1 is 2.00 bits per heavy atom. The maximum Gasteiger partial charge on any atom is 0.122 e. The minimum Gasteiger partial charge on any atom is -0.277 e. The molecule has 34 valence electrons. The van der Waals surface area contributed by atoms with Gasteiger partial charge in [-0.05, 0) is 6.08 Å². The Balaban J connectivity index is 3.50. The van der Waals surface area contributed by atoms with Gasteiger partial charge in [-0.1, -0.05) is 18.2 Å². The molecule has 0 amide bonds. The number of hydrogen-bond donors (Lipinski definition) is 0. The fourth-order valence-corrected chi connectivity index (χ4v) is 0.0913. The quantitative estimate of drug-likeness (QED) is 0.446. The van der Waals surface area contributed by atoms with Gasteiger partial charge in [0.15, 0.2) is 0 Å². The van der Waals surface area contributed by atoms with Crippen molar-refractivity contribution in [2.45, 2.75) is 0 Å². The molecule has 0 N–H and O–H groups in total. The van der Waals surface area contributed by atoms with Crippen LogP contribution in [0.25, 0.3) is 0 Å². The molecular formula is C4H6ClN. The summed E-state index contributed by atoms with van der Waals surface area (Å²) in [5.41, 5.74) is 0. The maximum atomic E-state index is 5.28. The third-order valence-electron chi connectivity index (χ3n) is 0.382. The highest BCUT2D eigenvalue weighted by atomic mass is 35.5. The molecule has 2 heteroatoms. The minimum atomic E-state index is 0.454. The molecule has 0 saturated heterocycles. The summed E-state index contributed by atoms with van der Waals surface area (Å²) in [7, 11) is 1.62. The van der Waals surface area contributed by atoms with Crippen molar-refractivity contribution in [1.29, 1.82) is 0 Å². The van der Waals surface area contributed by atoms with Gasteiger partial charge in [0.25, 0.3) is 0 Å². The smallest absolute Gasteiger partial charge is 0.122 e. The minimum absolute atomic E-state index is 0.454. The average molecular weight is 104 g/mol. The Morgan fingerprint density at radius 3 is 2.50 bits per heavy atom. The summed E-state index contributed by atoms with van der Waals surface area (Å²) < 4.78 is 0. The summed E-state index contributed by atoms with van der Waals surface area (Å²) in [5, 5.41) is 0.454. The molecule has 0 aromatic rings. The Kier molecular flexibility index (Phi) is 2.77. The van der Waals surface area contributed by atoms with Crippen LogP contribution in [0.3, 0.4) is 0 Å². The Morgan fingerprint density at radius 2 is 2.50 bits per heavy atom. The van der Waals surface area contributed by atoms with Gasteiger partial charge >= 0.3 is 0 Å². The van der Waals surface area contributed by atoms with Crippen LogP contribution in [0.5, 0.6) is 0 Å². The molecule has 0 aliphatic heterocycles. The van der Waals surface area contributed by atoms with Crippen molar-refractivity contribution >= 4 is 16.8 Å². The second kappa shape index (κ2) is 2.91. The summed E-state index contributed by atoms with van der Waals surface area (Å²) in [5.74, 6) is 0. The molecule has 0 aliphatic carbocycles. The van der Waals surface area contributed by atoms with Crippen LogP contribution in [0.4, 0.5) is 0 Å². The van der Waals surface area contributed by atoms with Gasteiger partial charge in [-0.25, -0.2) is 0 Å². The number of hydrogen-bond acceptors (Lipinski definition) is 1. The number of allylic oxidation sites excluding steroid dienone is 1. The second-order valence-corrected chi connectivity index (χ2v) is 1.14. The molecule has 0 saturated carbocycles. The largest absolute Gasteiger partial charge is 0.277 e. The van der Waals surface area contributed by atoms with Gasteiger partial charge in [-0.2, -0.15) is 0 Å². The first kappa shape index (κ1) is 5.70. The van der Waals surface area contributed by atoms with Crippen LogP contribution < -0.4 is 0 Å². The van der Waals surface area contributed by atoms with E-state index in [9.17, 15) is 0 Å². The molecule has 0 fully saturated rings. The molecule has 0 aromatic heterocycles. The lowest BCUT2D eigenvalue weighted by atomic mass is 10.7. The molecule has 0 heterocycles. The van der Waals surface area contributed by atoms with Crippen LogP contribution in [0.1, 0.15) is 0 Å². The van der Waals surface area contributed by atoms with Crippen LogP contribution in [0, 0.1) is 0 Å². The van der Waals surface area contributed by atoms with E-state index in [1.165, 1.54) is 6.08 Å². The van der Waals surface area contributed by atoms with Gasteiger partial charge in [-0.15, -0.1) is 0 Å². The van der Waals surface area contributed by atoms with E-state index in [-0.39, 0.29) is 0 Å². The summed E-state index contributed by atoms with van der Waals surface area (Å²) in [6.07, 6.45) is 1.49. The van der Waals surface area contributed by atoms with Crippen LogP contribution in [0.15, 0.2) is 17.6 Å².